The maximum atomic E-state index is 12.0. The van der Waals surface area contributed by atoms with Crippen molar-refractivity contribution in [2.24, 2.45) is 11.8 Å². The molecule has 0 aromatic rings. The molecule has 5 nitrogen and oxygen atoms in total. The second-order valence-electron chi connectivity index (χ2n) is 7.71. The molecule has 0 spiro atoms. The van der Waals surface area contributed by atoms with E-state index < -0.39 is 11.7 Å². The highest BCUT2D eigenvalue weighted by atomic mass is 16.6. The number of ether oxygens (including phenoxy) is 1. The molecule has 0 aliphatic heterocycles. The van der Waals surface area contributed by atoms with Gasteiger partial charge in [-0.25, -0.2) is 4.79 Å². The molecule has 0 heterocycles. The predicted molar refractivity (Wildman–Crippen MR) is 85.5 cm³/mol. The first-order chi connectivity index (χ1) is 10.3. The Kier molecular flexibility index (Phi) is 5.70. The monoisotopic (exact) mass is 310 g/mol. The Morgan fingerprint density at radius 3 is 2.55 bits per heavy atom. The van der Waals surface area contributed by atoms with Crippen molar-refractivity contribution in [2.75, 3.05) is 6.54 Å². The molecule has 2 aliphatic carbocycles. The minimum absolute atomic E-state index is 0.0255. The van der Waals surface area contributed by atoms with Crippen LogP contribution in [-0.2, 0) is 9.53 Å². The maximum Gasteiger partial charge on any atom is 0.407 e. The van der Waals surface area contributed by atoms with Crippen LogP contribution < -0.4 is 10.6 Å². The molecule has 0 unspecified atom stereocenters. The van der Waals surface area contributed by atoms with Gasteiger partial charge in [0.2, 0.25) is 5.91 Å². The zero-order chi connectivity index (χ0) is 16.2. The minimum atomic E-state index is -0.508. The van der Waals surface area contributed by atoms with Crippen LogP contribution >= 0.6 is 0 Å². The van der Waals surface area contributed by atoms with Gasteiger partial charge in [-0.15, -0.1) is 0 Å². The Bertz CT molecular complexity index is 403. The topological polar surface area (TPSA) is 67.4 Å². The largest absolute Gasteiger partial charge is 0.444 e. The number of amides is 2. The first kappa shape index (κ1) is 17.1. The number of nitrogens with one attached hydrogen (secondary N) is 2. The number of carbonyl (C=O) groups is 2. The van der Waals surface area contributed by atoms with E-state index in [-0.39, 0.29) is 5.91 Å². The number of carbonyl (C=O) groups excluding carboxylic acids is 2. The van der Waals surface area contributed by atoms with Gasteiger partial charge in [-0.3, -0.25) is 4.79 Å². The lowest BCUT2D eigenvalue weighted by Crippen LogP contribution is -2.41. The van der Waals surface area contributed by atoms with E-state index in [1.165, 1.54) is 25.7 Å². The smallest absolute Gasteiger partial charge is 0.407 e. The van der Waals surface area contributed by atoms with Gasteiger partial charge in [-0.2, -0.15) is 0 Å². The van der Waals surface area contributed by atoms with Crippen molar-refractivity contribution in [1.29, 1.82) is 0 Å². The van der Waals surface area contributed by atoms with Gasteiger partial charge in [0.05, 0.1) is 0 Å². The molecule has 3 atom stereocenters. The third-order valence-corrected chi connectivity index (χ3v) is 4.68. The van der Waals surface area contributed by atoms with Gasteiger partial charge in [0.15, 0.2) is 0 Å². The summed E-state index contributed by atoms with van der Waals surface area (Å²) >= 11 is 0. The lowest BCUT2D eigenvalue weighted by Gasteiger charge is -2.32. The van der Waals surface area contributed by atoms with E-state index in [9.17, 15) is 9.59 Å². The summed E-state index contributed by atoms with van der Waals surface area (Å²) in [6.45, 7) is 5.77. The molecule has 22 heavy (non-hydrogen) atoms. The van der Waals surface area contributed by atoms with Crippen molar-refractivity contribution >= 4 is 12.0 Å². The fourth-order valence-electron chi connectivity index (χ4n) is 3.73. The highest BCUT2D eigenvalue weighted by Crippen LogP contribution is 2.41. The van der Waals surface area contributed by atoms with E-state index in [0.29, 0.717) is 19.0 Å². The van der Waals surface area contributed by atoms with Crippen molar-refractivity contribution in [2.45, 2.75) is 77.4 Å². The lowest BCUT2D eigenvalue weighted by molar-refractivity contribution is -0.122. The molecule has 0 aromatic heterocycles. The van der Waals surface area contributed by atoms with Crippen LogP contribution in [0.2, 0.25) is 0 Å². The van der Waals surface area contributed by atoms with E-state index in [0.717, 1.165) is 24.7 Å². The van der Waals surface area contributed by atoms with Gasteiger partial charge in [0.1, 0.15) is 5.60 Å². The van der Waals surface area contributed by atoms with E-state index in [1.54, 1.807) is 0 Å². The molecule has 0 bridgehead atoms. The van der Waals surface area contributed by atoms with E-state index in [2.05, 4.69) is 10.6 Å². The second kappa shape index (κ2) is 7.34. The van der Waals surface area contributed by atoms with E-state index in [4.69, 9.17) is 4.74 Å². The van der Waals surface area contributed by atoms with Crippen molar-refractivity contribution in [1.82, 2.24) is 10.6 Å². The molecular formula is C17H30N2O3. The second-order valence-corrected chi connectivity index (χ2v) is 7.71. The quantitative estimate of drug-likeness (QED) is 0.839. The van der Waals surface area contributed by atoms with Gasteiger partial charge >= 0.3 is 6.09 Å². The van der Waals surface area contributed by atoms with Crippen molar-refractivity contribution in [3.8, 4) is 0 Å². The Morgan fingerprint density at radius 1 is 1.09 bits per heavy atom. The molecule has 0 saturated heterocycles. The molecule has 2 rings (SSSR count). The summed E-state index contributed by atoms with van der Waals surface area (Å²) in [5, 5.41) is 5.74. The normalized spacial score (nSPS) is 27.9. The molecular weight excluding hydrogens is 280 g/mol. The molecule has 5 heteroatoms. The first-order valence-electron chi connectivity index (χ1n) is 8.60. The van der Waals surface area contributed by atoms with E-state index in [1.807, 2.05) is 20.8 Å². The summed E-state index contributed by atoms with van der Waals surface area (Å²) in [4.78, 5) is 23.5. The average molecular weight is 310 g/mol. The van der Waals surface area contributed by atoms with E-state index >= 15 is 0 Å². The highest BCUT2D eigenvalue weighted by molar-refractivity contribution is 5.77. The third-order valence-electron chi connectivity index (χ3n) is 4.68. The summed E-state index contributed by atoms with van der Waals surface area (Å²) in [6.07, 6.45) is 7.41. The predicted octanol–water partition coefficient (Wildman–Crippen LogP) is 2.99. The van der Waals surface area contributed by atoms with Crippen LogP contribution in [0.15, 0.2) is 0 Å². The molecule has 2 amide bonds. The van der Waals surface area contributed by atoms with Crippen LogP contribution in [0.4, 0.5) is 4.79 Å². The number of alkyl carbamates (subject to hydrolysis) is 1. The van der Waals surface area contributed by atoms with Gasteiger partial charge in [-0.1, -0.05) is 19.3 Å². The molecule has 2 aliphatic rings. The third kappa shape index (κ3) is 5.50. The zero-order valence-electron chi connectivity index (χ0n) is 14.1. The Labute approximate surface area is 133 Å². The van der Waals surface area contributed by atoms with Crippen LogP contribution in [0.3, 0.4) is 0 Å². The van der Waals surface area contributed by atoms with Crippen LogP contribution in [0, 0.1) is 11.8 Å². The number of hydrogen-bond acceptors (Lipinski definition) is 3. The van der Waals surface area contributed by atoms with Crippen molar-refractivity contribution in [3.63, 3.8) is 0 Å². The van der Waals surface area contributed by atoms with Crippen LogP contribution in [-0.4, -0.2) is 30.2 Å². The van der Waals surface area contributed by atoms with Crippen LogP contribution in [0.25, 0.3) is 0 Å². The number of fused-ring (bicyclic) bond motifs is 1. The van der Waals surface area contributed by atoms with Gasteiger partial charge in [-0.05, 0) is 51.9 Å². The molecule has 2 N–H and O–H groups in total. The summed E-state index contributed by atoms with van der Waals surface area (Å²) in [6, 6.07) is 0.327. The average Bonchev–Trinajstić information content (AvgIpc) is 2.83. The lowest BCUT2D eigenvalue weighted by atomic mass is 9.79. The Balaban J connectivity index is 1.61. The molecule has 0 aromatic carbocycles. The molecule has 2 fully saturated rings. The van der Waals surface area contributed by atoms with Crippen LogP contribution in [0.1, 0.15) is 65.7 Å². The molecule has 2 saturated carbocycles. The summed E-state index contributed by atoms with van der Waals surface area (Å²) in [5.41, 5.74) is -0.508. The number of hydrogen-bond donors (Lipinski definition) is 2. The van der Waals surface area contributed by atoms with Gasteiger partial charge in [0.25, 0.3) is 0 Å². The fourth-order valence-corrected chi connectivity index (χ4v) is 3.73. The van der Waals surface area contributed by atoms with Crippen LogP contribution in [0.5, 0.6) is 0 Å². The van der Waals surface area contributed by atoms with Crippen molar-refractivity contribution < 1.29 is 14.3 Å². The highest BCUT2D eigenvalue weighted by Gasteiger charge is 2.34. The molecule has 126 valence electrons. The zero-order valence-corrected chi connectivity index (χ0v) is 14.1. The summed E-state index contributed by atoms with van der Waals surface area (Å²) in [5.74, 6) is 1.75. The summed E-state index contributed by atoms with van der Waals surface area (Å²) in [7, 11) is 0. The Morgan fingerprint density at radius 2 is 1.82 bits per heavy atom. The van der Waals surface area contributed by atoms with Gasteiger partial charge < -0.3 is 15.4 Å². The maximum absolute atomic E-state index is 12.0. The summed E-state index contributed by atoms with van der Waals surface area (Å²) < 4.78 is 5.14. The number of rotatable bonds is 4. The standard InChI is InChI=1S/C17H30N2O3/c1-17(2,3)22-16(21)18-10-9-15(20)19-14-8-7-12-5-4-6-13(12)11-14/h12-14H,4-11H2,1-3H3,(H,18,21)(H,19,20)/t12-,13+,14-/m1/s1. The van der Waals surface area contributed by atoms with Crippen molar-refractivity contribution in [3.05, 3.63) is 0 Å². The minimum Gasteiger partial charge on any atom is -0.444 e. The first-order valence-corrected chi connectivity index (χ1v) is 8.60. The van der Waals surface area contributed by atoms with Gasteiger partial charge in [0, 0.05) is 19.0 Å². The Hall–Kier alpha value is -1.26. The SMILES string of the molecule is CC(C)(C)OC(=O)NCCC(=O)N[C@@H]1CC[C@H]2CCC[C@H]2C1. The fraction of sp³-hybridized carbons (Fsp3) is 0.882. The molecule has 0 radical (unpaired) electrons.